The van der Waals surface area contributed by atoms with Crippen LogP contribution in [0, 0.1) is 18.8 Å². The molecule has 0 aromatic heterocycles. The Bertz CT molecular complexity index is 435. The highest BCUT2D eigenvalue weighted by Gasteiger charge is 2.43. The number of hydrogen-bond donors (Lipinski definition) is 0. The minimum Gasteiger partial charge on any atom is -0.0837 e. The standard InChI is InChI=1S/C17H25Cl/c1-11(2)17(12(3)4)10-6-7-14-9-8-13(5)16(18)15(14)17/h8-9,11-12H,6-7,10H2,1-5H3. The van der Waals surface area contributed by atoms with E-state index in [-0.39, 0.29) is 5.41 Å². The van der Waals surface area contributed by atoms with Gasteiger partial charge in [-0.2, -0.15) is 0 Å². The predicted octanol–water partition coefficient (Wildman–Crippen LogP) is 5.53. The van der Waals surface area contributed by atoms with E-state index in [1.807, 2.05) is 0 Å². The first-order valence-electron chi connectivity index (χ1n) is 7.19. The molecule has 0 nitrogen and oxygen atoms in total. The molecule has 0 amide bonds. The van der Waals surface area contributed by atoms with Crippen molar-refractivity contribution in [2.75, 3.05) is 0 Å². The molecule has 0 saturated heterocycles. The molecule has 1 aromatic rings. The molecule has 0 radical (unpaired) electrons. The van der Waals surface area contributed by atoms with E-state index in [1.165, 1.54) is 36.0 Å². The van der Waals surface area contributed by atoms with Gasteiger partial charge in [0.25, 0.3) is 0 Å². The van der Waals surface area contributed by atoms with E-state index in [4.69, 9.17) is 11.6 Å². The van der Waals surface area contributed by atoms with Crippen LogP contribution < -0.4 is 0 Å². The maximum absolute atomic E-state index is 6.68. The zero-order chi connectivity index (χ0) is 13.5. The highest BCUT2D eigenvalue weighted by molar-refractivity contribution is 6.32. The average molecular weight is 265 g/mol. The molecule has 100 valence electrons. The van der Waals surface area contributed by atoms with Crippen LogP contribution in [0.3, 0.4) is 0 Å². The molecule has 1 aliphatic carbocycles. The number of hydrogen-bond acceptors (Lipinski definition) is 0. The van der Waals surface area contributed by atoms with Crippen molar-refractivity contribution < 1.29 is 0 Å². The fraction of sp³-hybridized carbons (Fsp3) is 0.647. The molecule has 0 bridgehead atoms. The lowest BCUT2D eigenvalue weighted by atomic mass is 9.58. The quantitative estimate of drug-likeness (QED) is 0.658. The molecule has 0 unspecified atom stereocenters. The van der Waals surface area contributed by atoms with Crippen LogP contribution in [0.5, 0.6) is 0 Å². The third kappa shape index (κ3) is 1.90. The summed E-state index contributed by atoms with van der Waals surface area (Å²) < 4.78 is 0. The highest BCUT2D eigenvalue weighted by atomic mass is 35.5. The van der Waals surface area contributed by atoms with Crippen molar-refractivity contribution in [1.82, 2.24) is 0 Å². The minimum atomic E-state index is 0.261. The lowest BCUT2D eigenvalue weighted by Gasteiger charge is -2.47. The summed E-state index contributed by atoms with van der Waals surface area (Å²) in [7, 11) is 0. The molecule has 1 aromatic carbocycles. The van der Waals surface area contributed by atoms with Gasteiger partial charge in [0, 0.05) is 10.4 Å². The molecule has 2 rings (SSSR count). The largest absolute Gasteiger partial charge is 0.0837 e. The normalized spacial score (nSPS) is 18.2. The van der Waals surface area contributed by atoms with Crippen LogP contribution in [0.25, 0.3) is 0 Å². The maximum atomic E-state index is 6.68. The van der Waals surface area contributed by atoms with Crippen molar-refractivity contribution in [2.24, 2.45) is 11.8 Å². The first kappa shape index (κ1) is 13.9. The second kappa shape index (κ2) is 4.89. The van der Waals surface area contributed by atoms with Crippen LogP contribution in [0.15, 0.2) is 12.1 Å². The van der Waals surface area contributed by atoms with E-state index in [0.717, 1.165) is 5.02 Å². The molecule has 0 heterocycles. The molecule has 1 heteroatoms. The SMILES string of the molecule is Cc1ccc2c(c1Cl)C(C(C)C)(C(C)C)CCC2. The van der Waals surface area contributed by atoms with Crippen LogP contribution in [-0.4, -0.2) is 0 Å². The van der Waals surface area contributed by atoms with E-state index < -0.39 is 0 Å². The average Bonchev–Trinajstić information content (AvgIpc) is 2.32. The van der Waals surface area contributed by atoms with Gasteiger partial charge in [0.2, 0.25) is 0 Å². The van der Waals surface area contributed by atoms with Gasteiger partial charge in [0.05, 0.1) is 0 Å². The third-order valence-corrected chi connectivity index (χ3v) is 5.47. The highest BCUT2D eigenvalue weighted by Crippen LogP contribution is 2.51. The van der Waals surface area contributed by atoms with Gasteiger partial charge in [-0.3, -0.25) is 0 Å². The molecule has 0 saturated carbocycles. The van der Waals surface area contributed by atoms with Gasteiger partial charge in [0.15, 0.2) is 0 Å². The summed E-state index contributed by atoms with van der Waals surface area (Å²) in [6, 6.07) is 4.48. The molecule has 1 aliphatic rings. The monoisotopic (exact) mass is 264 g/mol. The van der Waals surface area contributed by atoms with Gasteiger partial charge in [-0.05, 0) is 54.7 Å². The number of fused-ring (bicyclic) bond motifs is 1. The lowest BCUT2D eigenvalue weighted by Crippen LogP contribution is -2.41. The van der Waals surface area contributed by atoms with Crippen LogP contribution in [0.2, 0.25) is 5.02 Å². The number of benzene rings is 1. The summed E-state index contributed by atoms with van der Waals surface area (Å²) in [6.45, 7) is 11.5. The second-order valence-corrected chi connectivity index (χ2v) is 6.81. The molecule has 0 atom stereocenters. The van der Waals surface area contributed by atoms with E-state index in [0.29, 0.717) is 11.8 Å². The Kier molecular flexibility index (Phi) is 3.78. The number of aryl methyl sites for hydroxylation is 2. The summed E-state index contributed by atoms with van der Waals surface area (Å²) in [6.07, 6.45) is 3.76. The molecule has 0 spiro atoms. The summed E-state index contributed by atoms with van der Waals surface area (Å²) in [5.41, 5.74) is 4.43. The van der Waals surface area contributed by atoms with E-state index >= 15 is 0 Å². The number of halogens is 1. The van der Waals surface area contributed by atoms with Crippen LogP contribution in [0.1, 0.15) is 57.2 Å². The Hall–Kier alpha value is -0.490. The van der Waals surface area contributed by atoms with Crippen LogP contribution >= 0.6 is 11.6 Å². The van der Waals surface area contributed by atoms with E-state index in [2.05, 4.69) is 46.8 Å². The molecule has 0 fully saturated rings. The van der Waals surface area contributed by atoms with Crippen molar-refractivity contribution in [3.63, 3.8) is 0 Å². The fourth-order valence-electron chi connectivity index (χ4n) is 3.95. The van der Waals surface area contributed by atoms with E-state index in [9.17, 15) is 0 Å². The van der Waals surface area contributed by atoms with Gasteiger partial charge in [-0.25, -0.2) is 0 Å². The molecule has 0 N–H and O–H groups in total. The molecular formula is C17H25Cl. The van der Waals surface area contributed by atoms with E-state index in [1.54, 1.807) is 0 Å². The van der Waals surface area contributed by atoms with Crippen LogP contribution in [0.4, 0.5) is 0 Å². The molecule has 18 heavy (non-hydrogen) atoms. The van der Waals surface area contributed by atoms with Gasteiger partial charge in [0.1, 0.15) is 0 Å². The number of rotatable bonds is 2. The smallest absolute Gasteiger partial charge is 0.0475 e. The first-order valence-corrected chi connectivity index (χ1v) is 7.57. The lowest BCUT2D eigenvalue weighted by molar-refractivity contribution is 0.186. The Morgan fingerprint density at radius 1 is 1.11 bits per heavy atom. The Labute approximate surface area is 117 Å². The summed E-state index contributed by atoms with van der Waals surface area (Å²) in [5.74, 6) is 1.27. The van der Waals surface area contributed by atoms with Crippen molar-refractivity contribution in [3.05, 3.63) is 33.8 Å². The van der Waals surface area contributed by atoms with Gasteiger partial charge in [-0.15, -0.1) is 0 Å². The van der Waals surface area contributed by atoms with Gasteiger partial charge < -0.3 is 0 Å². The summed E-state index contributed by atoms with van der Waals surface area (Å²) in [4.78, 5) is 0. The predicted molar refractivity (Wildman–Crippen MR) is 80.5 cm³/mol. The van der Waals surface area contributed by atoms with Crippen molar-refractivity contribution >= 4 is 11.6 Å². The Morgan fingerprint density at radius 2 is 1.72 bits per heavy atom. The van der Waals surface area contributed by atoms with Gasteiger partial charge in [-0.1, -0.05) is 51.4 Å². The third-order valence-electron chi connectivity index (χ3n) is 4.98. The van der Waals surface area contributed by atoms with Crippen molar-refractivity contribution in [3.8, 4) is 0 Å². The van der Waals surface area contributed by atoms with Gasteiger partial charge >= 0.3 is 0 Å². The molecular weight excluding hydrogens is 240 g/mol. The van der Waals surface area contributed by atoms with Crippen molar-refractivity contribution in [2.45, 2.75) is 59.3 Å². The maximum Gasteiger partial charge on any atom is 0.0475 e. The minimum absolute atomic E-state index is 0.261. The zero-order valence-electron chi connectivity index (χ0n) is 12.3. The van der Waals surface area contributed by atoms with Crippen LogP contribution in [-0.2, 0) is 11.8 Å². The zero-order valence-corrected chi connectivity index (χ0v) is 13.1. The summed E-state index contributed by atoms with van der Waals surface area (Å²) in [5, 5.41) is 1.02. The fourth-order valence-corrected chi connectivity index (χ4v) is 4.31. The summed E-state index contributed by atoms with van der Waals surface area (Å²) >= 11 is 6.68. The van der Waals surface area contributed by atoms with Crippen molar-refractivity contribution in [1.29, 1.82) is 0 Å². The molecule has 0 aliphatic heterocycles. The Balaban J connectivity index is 2.72. The second-order valence-electron chi connectivity index (χ2n) is 6.43. The Morgan fingerprint density at radius 3 is 2.28 bits per heavy atom. The topological polar surface area (TPSA) is 0 Å². The first-order chi connectivity index (χ1) is 8.41.